The molecule has 0 aliphatic carbocycles. The molecule has 0 amide bonds. The molecule has 19 heavy (non-hydrogen) atoms. The van der Waals surface area contributed by atoms with Crippen LogP contribution in [0.4, 0.5) is 0 Å². The van der Waals surface area contributed by atoms with Gasteiger partial charge in [-0.05, 0) is 25.8 Å². The topological polar surface area (TPSA) is 39.1 Å². The second-order valence-electron chi connectivity index (χ2n) is 4.45. The molecule has 2 rings (SSSR count). The van der Waals surface area contributed by atoms with Crippen LogP contribution in [-0.2, 0) is 15.6 Å². The van der Waals surface area contributed by atoms with Crippen LogP contribution in [0.15, 0.2) is 41.8 Å². The Morgan fingerprint density at radius 2 is 2.05 bits per heavy atom. The molecule has 3 nitrogen and oxygen atoms in total. The number of rotatable bonds is 5. The van der Waals surface area contributed by atoms with Crippen LogP contribution in [0.5, 0.6) is 0 Å². The summed E-state index contributed by atoms with van der Waals surface area (Å²) in [6.07, 6.45) is 3.68. The van der Waals surface area contributed by atoms with Crippen LogP contribution < -0.4 is 0 Å². The van der Waals surface area contributed by atoms with Gasteiger partial charge in [-0.3, -0.25) is 0 Å². The smallest absolute Gasteiger partial charge is 0.263 e. The Kier molecular flexibility index (Phi) is 4.02. The fourth-order valence-corrected chi connectivity index (χ4v) is 3.87. The van der Waals surface area contributed by atoms with Gasteiger partial charge in [0.1, 0.15) is 4.90 Å². The average Bonchev–Trinajstić information content (AvgIpc) is 2.62. The van der Waals surface area contributed by atoms with Crippen molar-refractivity contribution in [1.29, 1.82) is 0 Å². The van der Waals surface area contributed by atoms with E-state index in [1.54, 1.807) is 13.0 Å². The molecule has 102 valence electrons. The lowest BCUT2D eigenvalue weighted by Gasteiger charge is -2.07. The van der Waals surface area contributed by atoms with E-state index in [9.17, 15) is 8.42 Å². The largest absolute Gasteiger partial charge is 0.343 e. The summed E-state index contributed by atoms with van der Waals surface area (Å²) in [5, 5.41) is 0.689. The molecule has 1 aromatic heterocycles. The van der Waals surface area contributed by atoms with Crippen LogP contribution in [0.1, 0.15) is 18.5 Å². The Hall–Kier alpha value is -1.26. The number of halogens is 1. The van der Waals surface area contributed by atoms with E-state index in [4.69, 9.17) is 10.7 Å². The van der Waals surface area contributed by atoms with E-state index in [0.29, 0.717) is 11.1 Å². The first-order chi connectivity index (χ1) is 8.96. The molecule has 1 aromatic carbocycles. The van der Waals surface area contributed by atoms with Crippen molar-refractivity contribution in [3.05, 3.63) is 42.6 Å². The predicted molar refractivity (Wildman–Crippen MR) is 79.1 cm³/mol. The summed E-state index contributed by atoms with van der Waals surface area (Å²) in [5.74, 6) is 0. The van der Waals surface area contributed by atoms with Gasteiger partial charge in [0.05, 0.1) is 0 Å². The van der Waals surface area contributed by atoms with Crippen molar-refractivity contribution in [3.63, 3.8) is 0 Å². The number of unbranched alkanes of at least 4 members (excludes halogenated alkanes) is 1. The summed E-state index contributed by atoms with van der Waals surface area (Å²) in [6, 6.07) is 7.43. The molecule has 0 aliphatic rings. The lowest BCUT2D eigenvalue weighted by Crippen LogP contribution is -2.01. The first-order valence-electron chi connectivity index (χ1n) is 6.10. The first kappa shape index (κ1) is 14.2. The number of benzene rings is 1. The van der Waals surface area contributed by atoms with Gasteiger partial charge in [0.15, 0.2) is 0 Å². The Bertz CT molecular complexity index is 716. The van der Waals surface area contributed by atoms with Crippen molar-refractivity contribution in [2.45, 2.75) is 31.2 Å². The number of nitrogens with zero attached hydrogens (tertiary/aromatic N) is 1. The van der Waals surface area contributed by atoms with E-state index >= 15 is 0 Å². The molecule has 0 N–H and O–H groups in total. The highest BCUT2D eigenvalue weighted by Crippen LogP contribution is 2.32. The van der Waals surface area contributed by atoms with E-state index < -0.39 is 9.05 Å². The van der Waals surface area contributed by atoms with Crippen LogP contribution in [0.25, 0.3) is 10.9 Å². The van der Waals surface area contributed by atoms with Gasteiger partial charge < -0.3 is 4.57 Å². The molecule has 0 saturated heterocycles. The zero-order valence-corrected chi connectivity index (χ0v) is 12.3. The minimum Gasteiger partial charge on any atom is -0.343 e. The Balaban J connectivity index is 2.64. The zero-order chi connectivity index (χ0) is 14.0. The molecule has 0 radical (unpaired) electrons. The van der Waals surface area contributed by atoms with Gasteiger partial charge in [-0.1, -0.05) is 24.3 Å². The van der Waals surface area contributed by atoms with Gasteiger partial charge in [-0.2, -0.15) is 0 Å². The highest BCUT2D eigenvalue weighted by molar-refractivity contribution is 8.14. The van der Waals surface area contributed by atoms with Crippen LogP contribution in [0, 0.1) is 6.92 Å². The van der Waals surface area contributed by atoms with E-state index in [-0.39, 0.29) is 4.90 Å². The Morgan fingerprint density at radius 1 is 1.37 bits per heavy atom. The minimum absolute atomic E-state index is 0.225. The summed E-state index contributed by atoms with van der Waals surface area (Å²) in [5.41, 5.74) is 1.60. The Labute approximate surface area is 117 Å². The molecule has 2 aromatic rings. The van der Waals surface area contributed by atoms with Crippen LogP contribution in [0.3, 0.4) is 0 Å². The summed E-state index contributed by atoms with van der Waals surface area (Å²) in [6.45, 7) is 6.24. The molecule has 0 unspecified atom stereocenters. The van der Waals surface area contributed by atoms with E-state index in [1.807, 2.05) is 28.8 Å². The minimum atomic E-state index is -3.74. The fraction of sp³-hybridized carbons (Fsp3) is 0.286. The molecule has 0 spiro atoms. The number of aryl methyl sites for hydroxylation is 1. The molecule has 0 saturated carbocycles. The third-order valence-corrected chi connectivity index (χ3v) is 4.67. The van der Waals surface area contributed by atoms with E-state index in [2.05, 4.69) is 6.58 Å². The first-order valence-corrected chi connectivity index (χ1v) is 8.41. The van der Waals surface area contributed by atoms with Crippen LogP contribution in [0.2, 0.25) is 0 Å². The lowest BCUT2D eigenvalue weighted by atomic mass is 10.2. The van der Waals surface area contributed by atoms with E-state index in [1.165, 1.54) is 0 Å². The monoisotopic (exact) mass is 297 g/mol. The number of para-hydroxylation sites is 1. The SMILES string of the molecule is C=CCCCn1c(C)c(S(=O)(=O)Cl)c2ccccc21. The molecule has 5 heteroatoms. The average molecular weight is 298 g/mol. The maximum atomic E-state index is 11.7. The highest BCUT2D eigenvalue weighted by Gasteiger charge is 2.22. The number of hydrogen-bond acceptors (Lipinski definition) is 2. The van der Waals surface area contributed by atoms with Crippen molar-refractivity contribution in [3.8, 4) is 0 Å². The Morgan fingerprint density at radius 3 is 2.68 bits per heavy atom. The summed E-state index contributed by atoms with van der Waals surface area (Å²) >= 11 is 0. The lowest BCUT2D eigenvalue weighted by molar-refractivity contribution is 0.606. The van der Waals surface area contributed by atoms with Gasteiger partial charge in [-0.15, -0.1) is 6.58 Å². The van der Waals surface area contributed by atoms with Crippen molar-refractivity contribution >= 4 is 30.6 Å². The summed E-state index contributed by atoms with van der Waals surface area (Å²) < 4.78 is 25.5. The standard InChI is InChI=1S/C14H16ClNO2S/c1-3-4-7-10-16-11(2)14(19(15,17)18)12-8-5-6-9-13(12)16/h3,5-6,8-9H,1,4,7,10H2,2H3. The normalized spacial score (nSPS) is 11.9. The predicted octanol–water partition coefficient (Wildman–Crippen LogP) is 3.84. The quantitative estimate of drug-likeness (QED) is 0.478. The van der Waals surface area contributed by atoms with Crippen molar-refractivity contribution < 1.29 is 8.42 Å². The maximum absolute atomic E-state index is 11.7. The van der Waals surface area contributed by atoms with Gasteiger partial charge in [0.2, 0.25) is 0 Å². The van der Waals surface area contributed by atoms with E-state index in [0.717, 1.165) is 24.9 Å². The van der Waals surface area contributed by atoms with Crippen molar-refractivity contribution in [1.82, 2.24) is 4.57 Å². The second kappa shape index (κ2) is 5.39. The van der Waals surface area contributed by atoms with Gasteiger partial charge in [-0.25, -0.2) is 8.42 Å². The summed E-state index contributed by atoms with van der Waals surface area (Å²) in [7, 11) is 1.82. The highest BCUT2D eigenvalue weighted by atomic mass is 35.7. The molecule has 0 bridgehead atoms. The second-order valence-corrected chi connectivity index (χ2v) is 6.95. The number of aromatic nitrogens is 1. The molecule has 0 aliphatic heterocycles. The summed E-state index contributed by atoms with van der Waals surface area (Å²) in [4.78, 5) is 0.225. The van der Waals surface area contributed by atoms with Crippen molar-refractivity contribution in [2.24, 2.45) is 0 Å². The molecule has 1 heterocycles. The number of fused-ring (bicyclic) bond motifs is 1. The molecule has 0 atom stereocenters. The third-order valence-electron chi connectivity index (χ3n) is 3.21. The zero-order valence-electron chi connectivity index (χ0n) is 10.8. The van der Waals surface area contributed by atoms with Gasteiger partial charge >= 0.3 is 0 Å². The van der Waals surface area contributed by atoms with Gasteiger partial charge in [0, 0.05) is 33.8 Å². The third kappa shape index (κ3) is 2.69. The number of allylic oxidation sites excluding steroid dienone is 1. The number of hydrogen-bond donors (Lipinski definition) is 0. The van der Waals surface area contributed by atoms with Crippen LogP contribution >= 0.6 is 10.7 Å². The molecule has 0 fully saturated rings. The van der Waals surface area contributed by atoms with Gasteiger partial charge in [0.25, 0.3) is 9.05 Å². The maximum Gasteiger partial charge on any atom is 0.263 e. The molecular formula is C14H16ClNO2S. The van der Waals surface area contributed by atoms with Crippen LogP contribution in [-0.4, -0.2) is 13.0 Å². The van der Waals surface area contributed by atoms with Crippen molar-refractivity contribution in [2.75, 3.05) is 0 Å². The molecular weight excluding hydrogens is 282 g/mol. The fourth-order valence-electron chi connectivity index (χ4n) is 2.39.